The first-order chi connectivity index (χ1) is 11.0. The third kappa shape index (κ3) is 4.81. The van der Waals surface area contributed by atoms with Gasteiger partial charge in [-0.05, 0) is 50.7 Å². The summed E-state index contributed by atoms with van der Waals surface area (Å²) >= 11 is 6.22. The number of ketones is 1. The Morgan fingerprint density at radius 2 is 1.83 bits per heavy atom. The van der Waals surface area contributed by atoms with Crippen molar-refractivity contribution < 1.29 is 9.53 Å². The Morgan fingerprint density at radius 3 is 2.48 bits per heavy atom. The van der Waals surface area contributed by atoms with E-state index < -0.39 is 0 Å². The summed E-state index contributed by atoms with van der Waals surface area (Å²) in [6.07, 6.45) is 0. The molecule has 0 bridgehead atoms. The fourth-order valence-corrected chi connectivity index (χ4v) is 2.68. The number of hydrogen-bond acceptors (Lipinski definition) is 3. The fourth-order valence-electron chi connectivity index (χ4n) is 2.48. The number of benzene rings is 2. The minimum atomic E-state index is 0.0584. The molecule has 23 heavy (non-hydrogen) atoms. The predicted octanol–water partition coefficient (Wildman–Crippen LogP) is 4.57. The van der Waals surface area contributed by atoms with E-state index >= 15 is 0 Å². The molecule has 4 heteroatoms. The molecule has 0 saturated carbocycles. The lowest BCUT2D eigenvalue weighted by Gasteiger charge is -2.20. The zero-order valence-corrected chi connectivity index (χ0v) is 14.6. The van der Waals surface area contributed by atoms with Crippen LogP contribution in [0.5, 0.6) is 5.75 Å². The highest BCUT2D eigenvalue weighted by Crippen LogP contribution is 2.24. The Balaban J connectivity index is 2.18. The van der Waals surface area contributed by atoms with Gasteiger partial charge in [-0.2, -0.15) is 0 Å². The van der Waals surface area contributed by atoms with Gasteiger partial charge in [0.2, 0.25) is 0 Å². The molecule has 0 N–H and O–H groups in total. The number of carbonyl (C=O) groups excluding carboxylic acids is 1. The standard InChI is InChI=1S/C19H22ClNO2/c1-4-23-19-10-9-15(14(2)22)11-17(19)13-21(3)12-16-7-5-6-8-18(16)20/h5-11H,4,12-13H2,1-3H3. The van der Waals surface area contributed by atoms with Gasteiger partial charge in [-0.1, -0.05) is 29.8 Å². The van der Waals surface area contributed by atoms with Crippen LogP contribution in [0.1, 0.15) is 35.3 Å². The molecule has 0 atom stereocenters. The molecule has 0 amide bonds. The molecule has 122 valence electrons. The Kier molecular flexibility index (Phi) is 6.20. The van der Waals surface area contributed by atoms with Crippen LogP contribution in [0, 0.1) is 0 Å². The molecule has 3 nitrogen and oxygen atoms in total. The van der Waals surface area contributed by atoms with Gasteiger partial charge in [0, 0.05) is 29.2 Å². The molecule has 0 radical (unpaired) electrons. The monoisotopic (exact) mass is 331 g/mol. The fraction of sp³-hybridized carbons (Fsp3) is 0.316. The lowest BCUT2D eigenvalue weighted by Crippen LogP contribution is -2.18. The van der Waals surface area contributed by atoms with Crippen LogP contribution in [0.25, 0.3) is 0 Å². The second-order valence-corrected chi connectivity index (χ2v) is 5.98. The van der Waals surface area contributed by atoms with Gasteiger partial charge in [0.05, 0.1) is 6.61 Å². The third-order valence-corrected chi connectivity index (χ3v) is 3.97. The van der Waals surface area contributed by atoms with Crippen molar-refractivity contribution in [2.24, 2.45) is 0 Å². The van der Waals surface area contributed by atoms with Crippen molar-refractivity contribution in [2.75, 3.05) is 13.7 Å². The topological polar surface area (TPSA) is 29.5 Å². The molecule has 0 heterocycles. The molecule has 0 unspecified atom stereocenters. The second-order valence-electron chi connectivity index (χ2n) is 5.58. The van der Waals surface area contributed by atoms with Crippen molar-refractivity contribution >= 4 is 17.4 Å². The number of carbonyl (C=O) groups is 1. The lowest BCUT2D eigenvalue weighted by atomic mass is 10.1. The van der Waals surface area contributed by atoms with Crippen LogP contribution >= 0.6 is 11.6 Å². The van der Waals surface area contributed by atoms with Crippen LogP contribution in [0.4, 0.5) is 0 Å². The van der Waals surface area contributed by atoms with E-state index in [0.29, 0.717) is 18.7 Å². The average Bonchev–Trinajstić information content (AvgIpc) is 2.51. The SMILES string of the molecule is CCOc1ccc(C(C)=O)cc1CN(C)Cc1ccccc1Cl. The summed E-state index contributed by atoms with van der Waals surface area (Å²) in [5, 5.41) is 0.766. The van der Waals surface area contributed by atoms with Gasteiger partial charge < -0.3 is 4.74 Å². The maximum atomic E-state index is 11.6. The van der Waals surface area contributed by atoms with E-state index in [1.807, 2.05) is 56.4 Å². The summed E-state index contributed by atoms with van der Waals surface area (Å²) in [7, 11) is 2.03. The van der Waals surface area contributed by atoms with Crippen LogP contribution in [0.2, 0.25) is 5.02 Å². The molecule has 0 saturated heterocycles. The Bertz CT molecular complexity index is 685. The van der Waals surface area contributed by atoms with Gasteiger partial charge in [0.25, 0.3) is 0 Å². The number of rotatable bonds is 7. The van der Waals surface area contributed by atoms with E-state index in [9.17, 15) is 4.79 Å². The average molecular weight is 332 g/mol. The highest BCUT2D eigenvalue weighted by molar-refractivity contribution is 6.31. The molecule has 0 aromatic heterocycles. The second kappa shape index (κ2) is 8.14. The number of hydrogen-bond donors (Lipinski definition) is 0. The smallest absolute Gasteiger partial charge is 0.159 e. The van der Waals surface area contributed by atoms with Gasteiger partial charge in [-0.25, -0.2) is 0 Å². The van der Waals surface area contributed by atoms with Gasteiger partial charge in [0.15, 0.2) is 5.78 Å². The lowest BCUT2D eigenvalue weighted by molar-refractivity contribution is 0.101. The molecule has 0 aliphatic heterocycles. The Morgan fingerprint density at radius 1 is 1.13 bits per heavy atom. The molecule has 2 aromatic carbocycles. The van der Waals surface area contributed by atoms with E-state index in [1.165, 1.54) is 0 Å². The quantitative estimate of drug-likeness (QED) is 0.696. The summed E-state index contributed by atoms with van der Waals surface area (Å²) in [5.41, 5.74) is 2.79. The first-order valence-corrected chi connectivity index (χ1v) is 8.07. The highest BCUT2D eigenvalue weighted by atomic mass is 35.5. The molecule has 2 aromatic rings. The van der Waals surface area contributed by atoms with Crippen molar-refractivity contribution in [2.45, 2.75) is 26.9 Å². The van der Waals surface area contributed by atoms with Crippen molar-refractivity contribution in [3.05, 3.63) is 64.2 Å². The predicted molar refractivity (Wildman–Crippen MR) is 94.2 cm³/mol. The molecule has 0 fully saturated rings. The summed E-state index contributed by atoms with van der Waals surface area (Å²) in [4.78, 5) is 13.8. The van der Waals surface area contributed by atoms with Crippen molar-refractivity contribution in [3.63, 3.8) is 0 Å². The van der Waals surface area contributed by atoms with E-state index in [-0.39, 0.29) is 5.78 Å². The molecule has 2 rings (SSSR count). The molecule has 0 spiro atoms. The zero-order valence-electron chi connectivity index (χ0n) is 13.8. The largest absolute Gasteiger partial charge is 0.494 e. The maximum absolute atomic E-state index is 11.6. The van der Waals surface area contributed by atoms with Crippen LogP contribution < -0.4 is 4.74 Å². The molecule has 0 aliphatic rings. The zero-order chi connectivity index (χ0) is 16.8. The summed E-state index contributed by atoms with van der Waals surface area (Å²) in [5.74, 6) is 0.881. The van der Waals surface area contributed by atoms with Crippen molar-refractivity contribution in [1.82, 2.24) is 4.90 Å². The van der Waals surface area contributed by atoms with Crippen LogP contribution in [-0.2, 0) is 13.1 Å². The maximum Gasteiger partial charge on any atom is 0.159 e. The molecular formula is C19H22ClNO2. The number of Topliss-reactive ketones (excluding diaryl/α,β-unsaturated/α-hetero) is 1. The van der Waals surface area contributed by atoms with E-state index in [4.69, 9.17) is 16.3 Å². The summed E-state index contributed by atoms with van der Waals surface area (Å²) < 4.78 is 5.68. The number of nitrogens with zero attached hydrogens (tertiary/aromatic N) is 1. The third-order valence-electron chi connectivity index (χ3n) is 3.61. The van der Waals surface area contributed by atoms with E-state index in [0.717, 1.165) is 28.4 Å². The molecule has 0 aliphatic carbocycles. The summed E-state index contributed by atoms with van der Waals surface area (Å²) in [6, 6.07) is 13.4. The normalized spacial score (nSPS) is 10.8. The van der Waals surface area contributed by atoms with Crippen LogP contribution in [0.15, 0.2) is 42.5 Å². The number of halogens is 1. The van der Waals surface area contributed by atoms with Gasteiger partial charge in [-0.15, -0.1) is 0 Å². The first kappa shape index (κ1) is 17.5. The van der Waals surface area contributed by atoms with Crippen LogP contribution in [-0.4, -0.2) is 24.3 Å². The van der Waals surface area contributed by atoms with Gasteiger partial charge in [0.1, 0.15) is 5.75 Å². The summed E-state index contributed by atoms with van der Waals surface area (Å²) in [6.45, 7) is 5.54. The van der Waals surface area contributed by atoms with Gasteiger partial charge >= 0.3 is 0 Å². The van der Waals surface area contributed by atoms with Crippen LogP contribution in [0.3, 0.4) is 0 Å². The molecular weight excluding hydrogens is 310 g/mol. The highest BCUT2D eigenvalue weighted by Gasteiger charge is 2.11. The van der Waals surface area contributed by atoms with Crippen molar-refractivity contribution in [3.8, 4) is 5.75 Å². The van der Waals surface area contributed by atoms with E-state index in [2.05, 4.69) is 4.90 Å². The minimum Gasteiger partial charge on any atom is -0.494 e. The Labute approximate surface area is 142 Å². The van der Waals surface area contributed by atoms with Gasteiger partial charge in [-0.3, -0.25) is 9.69 Å². The number of ether oxygens (including phenoxy) is 1. The Hall–Kier alpha value is -1.84. The van der Waals surface area contributed by atoms with E-state index in [1.54, 1.807) is 6.92 Å². The minimum absolute atomic E-state index is 0.0584. The van der Waals surface area contributed by atoms with Crippen molar-refractivity contribution in [1.29, 1.82) is 0 Å². The first-order valence-electron chi connectivity index (χ1n) is 7.70.